The van der Waals surface area contributed by atoms with Crippen molar-refractivity contribution >= 4 is 5.97 Å². The van der Waals surface area contributed by atoms with Gasteiger partial charge in [-0.25, -0.2) is 4.79 Å². The zero-order valence-electron chi connectivity index (χ0n) is 19.6. The minimum Gasteiger partial charge on any atom is -0.477 e. The van der Waals surface area contributed by atoms with Crippen LogP contribution in [0.2, 0.25) is 0 Å². The summed E-state index contributed by atoms with van der Waals surface area (Å²) in [7, 11) is 0. The van der Waals surface area contributed by atoms with Crippen molar-refractivity contribution in [2.24, 2.45) is 0 Å². The molecule has 1 atom stereocenters. The summed E-state index contributed by atoms with van der Waals surface area (Å²) in [5, 5.41) is 38.3. The van der Waals surface area contributed by atoms with Gasteiger partial charge in [-0.05, 0) is 6.42 Å². The molecule has 0 spiro atoms. The first-order chi connectivity index (χ1) is 14.5. The van der Waals surface area contributed by atoms with Crippen LogP contribution in [-0.4, -0.2) is 70.0 Å². The maximum atomic E-state index is 11.2. The van der Waals surface area contributed by atoms with Gasteiger partial charge in [-0.15, -0.1) is 0 Å². The van der Waals surface area contributed by atoms with E-state index in [-0.39, 0.29) is 37.3 Å². The highest BCUT2D eigenvalue weighted by Gasteiger charge is 2.36. The first kappa shape index (κ1) is 29.3. The van der Waals surface area contributed by atoms with Crippen LogP contribution >= 0.6 is 0 Å². The molecule has 0 rings (SSSR count). The Hall–Kier alpha value is -0.690. The Balaban J connectivity index is 3.75. The number of carboxylic acids is 1. The number of unbranched alkanes of at least 4 members (excludes halogenated alkanes) is 14. The van der Waals surface area contributed by atoms with Gasteiger partial charge in [0.25, 0.3) is 0 Å². The predicted molar refractivity (Wildman–Crippen MR) is 122 cm³/mol. The molecule has 0 radical (unpaired) electrons. The van der Waals surface area contributed by atoms with Crippen LogP contribution in [0.5, 0.6) is 0 Å². The molecule has 0 aromatic rings. The zero-order valence-corrected chi connectivity index (χ0v) is 19.6. The number of quaternary nitrogens is 1. The Morgan fingerprint density at radius 2 is 1.07 bits per heavy atom. The van der Waals surface area contributed by atoms with E-state index in [0.29, 0.717) is 6.42 Å². The van der Waals surface area contributed by atoms with E-state index in [1.165, 1.54) is 77.0 Å². The maximum absolute atomic E-state index is 11.2. The average Bonchev–Trinajstić information content (AvgIpc) is 2.70. The van der Waals surface area contributed by atoms with Gasteiger partial charge in [-0.1, -0.05) is 96.8 Å². The van der Waals surface area contributed by atoms with E-state index in [0.717, 1.165) is 19.3 Å². The molecule has 0 aliphatic carbocycles. The van der Waals surface area contributed by atoms with Crippen molar-refractivity contribution in [2.45, 2.75) is 116 Å². The van der Waals surface area contributed by atoms with Crippen molar-refractivity contribution in [2.75, 3.05) is 32.8 Å². The van der Waals surface area contributed by atoms with E-state index in [2.05, 4.69) is 6.92 Å². The molecule has 180 valence electrons. The Bertz CT molecular complexity index is 386. The normalized spacial score (nSPS) is 12.9. The first-order valence-electron chi connectivity index (χ1n) is 12.5. The number of aliphatic hydroxyl groups excluding tert-OH is 3. The molecule has 0 amide bonds. The highest BCUT2D eigenvalue weighted by molar-refractivity contribution is 5.67. The number of aliphatic hydroxyl groups is 3. The van der Waals surface area contributed by atoms with Crippen molar-refractivity contribution in [3.8, 4) is 0 Å². The van der Waals surface area contributed by atoms with Crippen LogP contribution in [0.4, 0.5) is 0 Å². The average molecular weight is 433 g/mol. The van der Waals surface area contributed by atoms with Crippen LogP contribution in [0.3, 0.4) is 0 Å². The number of nitrogens with zero attached hydrogens (tertiary/aromatic N) is 1. The number of hydrogen-bond acceptors (Lipinski definition) is 4. The molecule has 30 heavy (non-hydrogen) atoms. The predicted octanol–water partition coefficient (Wildman–Crippen LogP) is 4.45. The zero-order chi connectivity index (χ0) is 22.5. The lowest BCUT2D eigenvalue weighted by atomic mass is 10.0. The van der Waals surface area contributed by atoms with Crippen LogP contribution < -0.4 is 0 Å². The summed E-state index contributed by atoms with van der Waals surface area (Å²) in [6.45, 7) is 1.86. The summed E-state index contributed by atoms with van der Waals surface area (Å²) in [6, 6.07) is 0. The van der Waals surface area contributed by atoms with Gasteiger partial charge in [-0.3, -0.25) is 4.48 Å². The molecule has 0 fully saturated rings. The van der Waals surface area contributed by atoms with Gasteiger partial charge < -0.3 is 20.4 Å². The Morgan fingerprint density at radius 3 is 1.40 bits per heavy atom. The van der Waals surface area contributed by atoms with Crippen molar-refractivity contribution < 1.29 is 29.7 Å². The fraction of sp³-hybridized carbons (Fsp3) is 0.958. The Labute approximate surface area is 184 Å². The monoisotopic (exact) mass is 432 g/mol. The lowest BCUT2D eigenvalue weighted by molar-refractivity contribution is -0.965. The largest absolute Gasteiger partial charge is 0.477 e. The van der Waals surface area contributed by atoms with Gasteiger partial charge in [0.2, 0.25) is 0 Å². The second-order valence-electron chi connectivity index (χ2n) is 8.88. The van der Waals surface area contributed by atoms with Crippen LogP contribution in [0.1, 0.15) is 110 Å². The van der Waals surface area contributed by atoms with Gasteiger partial charge in [0.1, 0.15) is 13.1 Å². The molecule has 4 N–H and O–H groups in total. The fourth-order valence-corrected chi connectivity index (χ4v) is 4.31. The van der Waals surface area contributed by atoms with Gasteiger partial charge in [0, 0.05) is 6.42 Å². The molecule has 0 aliphatic heterocycles. The highest BCUT2D eigenvalue weighted by atomic mass is 16.4. The smallest absolute Gasteiger partial charge is 0.359 e. The standard InChI is InChI=1S/C24H49NO5/c1-2-3-4-5-6-7-8-9-10-11-12-13-14-15-16-17-23(28)25(18-20-26,19-21-27)22-24(29)30/h23,26-28H,2-22H2,1H3/p+1. The third-order valence-electron chi connectivity index (χ3n) is 6.24. The number of rotatable bonds is 23. The molecule has 1 unspecified atom stereocenters. The van der Waals surface area contributed by atoms with Crippen molar-refractivity contribution in [3.05, 3.63) is 0 Å². The van der Waals surface area contributed by atoms with E-state index in [1.54, 1.807) is 0 Å². The van der Waals surface area contributed by atoms with Crippen LogP contribution in [-0.2, 0) is 4.79 Å². The summed E-state index contributed by atoms with van der Waals surface area (Å²) >= 11 is 0. The van der Waals surface area contributed by atoms with Gasteiger partial charge in [0.05, 0.1) is 13.2 Å². The second-order valence-corrected chi connectivity index (χ2v) is 8.88. The van der Waals surface area contributed by atoms with Gasteiger partial charge in [-0.2, -0.15) is 0 Å². The minimum absolute atomic E-state index is 0.146. The van der Waals surface area contributed by atoms with E-state index in [1.807, 2.05) is 0 Å². The molecule has 0 heterocycles. The molecular weight excluding hydrogens is 382 g/mol. The lowest BCUT2D eigenvalue weighted by Gasteiger charge is -2.40. The van der Waals surface area contributed by atoms with E-state index in [4.69, 9.17) is 5.11 Å². The van der Waals surface area contributed by atoms with Gasteiger partial charge in [0.15, 0.2) is 12.8 Å². The van der Waals surface area contributed by atoms with E-state index in [9.17, 15) is 20.1 Å². The van der Waals surface area contributed by atoms with Crippen molar-refractivity contribution in [1.29, 1.82) is 0 Å². The topological polar surface area (TPSA) is 98.0 Å². The van der Waals surface area contributed by atoms with E-state index < -0.39 is 12.2 Å². The quantitative estimate of drug-likeness (QED) is 0.109. The summed E-state index contributed by atoms with van der Waals surface area (Å²) in [5.41, 5.74) is 0. The second kappa shape index (κ2) is 20.2. The van der Waals surface area contributed by atoms with Gasteiger partial charge >= 0.3 is 5.97 Å². The molecule has 0 aromatic carbocycles. The maximum Gasteiger partial charge on any atom is 0.359 e. The SMILES string of the molecule is CCCCCCCCCCCCCCCCCC(O)[N+](CCO)(CCO)CC(=O)O. The first-order valence-corrected chi connectivity index (χ1v) is 12.5. The number of hydrogen-bond donors (Lipinski definition) is 4. The summed E-state index contributed by atoms with van der Waals surface area (Å²) in [4.78, 5) is 11.2. The molecule has 0 aliphatic rings. The minimum atomic E-state index is -1.02. The lowest BCUT2D eigenvalue weighted by Crippen LogP contribution is -2.60. The third kappa shape index (κ3) is 15.2. The summed E-state index contributed by atoms with van der Waals surface area (Å²) in [6.07, 6.45) is 18.8. The highest BCUT2D eigenvalue weighted by Crippen LogP contribution is 2.19. The molecule has 0 aromatic heterocycles. The van der Waals surface area contributed by atoms with Crippen LogP contribution in [0.15, 0.2) is 0 Å². The Morgan fingerprint density at radius 1 is 0.700 bits per heavy atom. The number of carbonyl (C=O) groups is 1. The fourth-order valence-electron chi connectivity index (χ4n) is 4.31. The van der Waals surface area contributed by atoms with E-state index >= 15 is 0 Å². The molecular formula is C24H50NO5+. The number of aliphatic carboxylic acids is 1. The molecule has 6 heteroatoms. The molecule has 0 saturated carbocycles. The molecule has 0 bridgehead atoms. The molecule has 6 nitrogen and oxygen atoms in total. The van der Waals surface area contributed by atoms with Crippen LogP contribution in [0.25, 0.3) is 0 Å². The summed E-state index contributed by atoms with van der Waals surface area (Å²) in [5.74, 6) is -1.02. The third-order valence-corrected chi connectivity index (χ3v) is 6.24. The summed E-state index contributed by atoms with van der Waals surface area (Å²) < 4.78 is -0.166. The molecule has 0 saturated heterocycles. The van der Waals surface area contributed by atoms with Crippen molar-refractivity contribution in [3.63, 3.8) is 0 Å². The van der Waals surface area contributed by atoms with Crippen LogP contribution in [0, 0.1) is 0 Å². The Kier molecular flexibility index (Phi) is 19.8. The number of carboxylic acid groups (broad SMARTS) is 1. The van der Waals surface area contributed by atoms with Crippen molar-refractivity contribution in [1.82, 2.24) is 0 Å².